The number of hydrogen-bond acceptors (Lipinski definition) is 2. The quantitative estimate of drug-likeness (QED) is 0.862. The Bertz CT molecular complexity index is 416. The summed E-state index contributed by atoms with van der Waals surface area (Å²) in [6, 6.07) is 7.34. The predicted molar refractivity (Wildman–Crippen MR) is 75.5 cm³/mol. The van der Waals surface area contributed by atoms with E-state index in [0.29, 0.717) is 17.9 Å². The zero-order chi connectivity index (χ0) is 13.8. The summed E-state index contributed by atoms with van der Waals surface area (Å²) in [7, 11) is 0. The van der Waals surface area contributed by atoms with Crippen LogP contribution in [0.4, 0.5) is 0 Å². The lowest BCUT2D eigenvalue weighted by Gasteiger charge is -2.27. The third kappa shape index (κ3) is 3.24. The summed E-state index contributed by atoms with van der Waals surface area (Å²) >= 11 is 6.10. The molecule has 0 bridgehead atoms. The molecule has 0 heterocycles. The summed E-state index contributed by atoms with van der Waals surface area (Å²) in [6.45, 7) is 5.75. The molecule has 0 spiro atoms. The average molecular weight is 269 g/mol. The van der Waals surface area contributed by atoms with E-state index in [-0.39, 0.29) is 11.9 Å². The molecule has 18 heavy (non-hydrogen) atoms. The fourth-order valence-electron chi connectivity index (χ4n) is 1.82. The lowest BCUT2D eigenvalue weighted by atomic mass is 9.92. The highest BCUT2D eigenvalue weighted by Crippen LogP contribution is 2.23. The molecule has 0 saturated carbocycles. The zero-order valence-corrected chi connectivity index (χ0v) is 11.9. The monoisotopic (exact) mass is 268 g/mol. The van der Waals surface area contributed by atoms with E-state index in [1.54, 1.807) is 0 Å². The van der Waals surface area contributed by atoms with Crippen LogP contribution >= 0.6 is 11.6 Å². The Morgan fingerprint density at radius 1 is 1.39 bits per heavy atom. The number of halogens is 1. The smallest absolute Gasteiger partial charge is 0.240 e. The normalized spacial score (nSPS) is 13.2. The molecule has 4 heteroatoms. The second-order valence-corrected chi connectivity index (χ2v) is 4.99. The Kier molecular flexibility index (Phi) is 5.17. The lowest BCUT2D eigenvalue weighted by molar-refractivity contribution is -0.127. The zero-order valence-electron chi connectivity index (χ0n) is 11.2. The van der Waals surface area contributed by atoms with Crippen LogP contribution in [-0.4, -0.2) is 11.4 Å². The number of nitrogens with two attached hydrogens (primary N) is 1. The van der Waals surface area contributed by atoms with Crippen molar-refractivity contribution < 1.29 is 4.79 Å². The van der Waals surface area contributed by atoms with Crippen molar-refractivity contribution in [2.24, 2.45) is 5.73 Å². The van der Waals surface area contributed by atoms with E-state index in [0.717, 1.165) is 5.56 Å². The van der Waals surface area contributed by atoms with Gasteiger partial charge < -0.3 is 11.1 Å². The summed E-state index contributed by atoms with van der Waals surface area (Å²) in [5, 5.41) is 3.58. The van der Waals surface area contributed by atoms with Crippen molar-refractivity contribution in [2.75, 3.05) is 0 Å². The fraction of sp³-hybridized carbons (Fsp3) is 0.500. The van der Waals surface area contributed by atoms with E-state index in [1.165, 1.54) is 0 Å². The molecule has 0 aromatic heterocycles. The van der Waals surface area contributed by atoms with Crippen LogP contribution in [0.15, 0.2) is 24.3 Å². The fourth-order valence-corrected chi connectivity index (χ4v) is 2.11. The SMILES string of the molecule is CCC(N)(CC)C(=O)N[C@@H](C)c1ccccc1Cl. The standard InChI is InChI=1S/C14H21ClN2O/c1-4-14(16,5-2)13(18)17-10(3)11-8-6-7-9-12(11)15/h6-10H,4-5,16H2,1-3H3,(H,17,18)/t10-/m0/s1. The Labute approximate surface area is 114 Å². The molecule has 0 fully saturated rings. The first-order valence-corrected chi connectivity index (χ1v) is 6.66. The van der Waals surface area contributed by atoms with Crippen molar-refractivity contribution in [1.82, 2.24) is 5.32 Å². The van der Waals surface area contributed by atoms with Crippen LogP contribution in [0.1, 0.15) is 45.2 Å². The number of rotatable bonds is 5. The van der Waals surface area contributed by atoms with Gasteiger partial charge in [-0.25, -0.2) is 0 Å². The van der Waals surface area contributed by atoms with Crippen molar-refractivity contribution in [3.8, 4) is 0 Å². The van der Waals surface area contributed by atoms with Gasteiger partial charge in [0, 0.05) is 5.02 Å². The van der Waals surface area contributed by atoms with Crippen LogP contribution in [0.5, 0.6) is 0 Å². The second kappa shape index (κ2) is 6.21. The van der Waals surface area contributed by atoms with Crippen molar-refractivity contribution in [2.45, 2.75) is 45.2 Å². The maximum atomic E-state index is 12.1. The molecule has 0 aliphatic rings. The molecule has 3 N–H and O–H groups in total. The Morgan fingerprint density at radius 3 is 2.44 bits per heavy atom. The van der Waals surface area contributed by atoms with Crippen LogP contribution in [-0.2, 0) is 4.79 Å². The second-order valence-electron chi connectivity index (χ2n) is 4.58. The van der Waals surface area contributed by atoms with Crippen molar-refractivity contribution in [1.29, 1.82) is 0 Å². The van der Waals surface area contributed by atoms with Crippen LogP contribution in [0.3, 0.4) is 0 Å². The van der Waals surface area contributed by atoms with E-state index in [4.69, 9.17) is 17.3 Å². The molecule has 0 aliphatic heterocycles. The molecular formula is C14H21ClN2O. The molecule has 1 atom stereocenters. The topological polar surface area (TPSA) is 55.1 Å². The van der Waals surface area contributed by atoms with Gasteiger partial charge in [0.15, 0.2) is 0 Å². The summed E-state index contributed by atoms with van der Waals surface area (Å²) < 4.78 is 0. The maximum absolute atomic E-state index is 12.1. The minimum atomic E-state index is -0.796. The van der Waals surface area contributed by atoms with Gasteiger partial charge in [-0.1, -0.05) is 43.6 Å². The molecule has 1 aromatic carbocycles. The molecule has 100 valence electrons. The first-order chi connectivity index (χ1) is 8.44. The lowest BCUT2D eigenvalue weighted by Crippen LogP contribution is -2.53. The summed E-state index contributed by atoms with van der Waals surface area (Å²) in [5.41, 5.74) is 6.17. The van der Waals surface area contributed by atoms with Gasteiger partial charge in [0.25, 0.3) is 0 Å². The minimum Gasteiger partial charge on any atom is -0.348 e. The summed E-state index contributed by atoms with van der Waals surface area (Å²) in [4.78, 5) is 12.1. The van der Waals surface area contributed by atoms with E-state index in [1.807, 2.05) is 45.0 Å². The number of carbonyl (C=O) groups excluding carboxylic acids is 1. The van der Waals surface area contributed by atoms with Crippen LogP contribution in [0.2, 0.25) is 5.02 Å². The highest BCUT2D eigenvalue weighted by Gasteiger charge is 2.30. The largest absolute Gasteiger partial charge is 0.348 e. The highest BCUT2D eigenvalue weighted by atomic mass is 35.5. The van der Waals surface area contributed by atoms with E-state index < -0.39 is 5.54 Å². The molecular weight excluding hydrogens is 248 g/mol. The summed E-state index contributed by atoms with van der Waals surface area (Å²) in [5.74, 6) is -0.125. The molecule has 0 unspecified atom stereocenters. The van der Waals surface area contributed by atoms with Gasteiger partial charge in [-0.2, -0.15) is 0 Å². The van der Waals surface area contributed by atoms with E-state index >= 15 is 0 Å². The minimum absolute atomic E-state index is 0.125. The van der Waals surface area contributed by atoms with Crippen molar-refractivity contribution in [3.05, 3.63) is 34.9 Å². The third-order valence-electron chi connectivity index (χ3n) is 3.43. The first kappa shape index (κ1) is 15.0. The van der Waals surface area contributed by atoms with Crippen LogP contribution < -0.4 is 11.1 Å². The van der Waals surface area contributed by atoms with Gasteiger partial charge in [-0.3, -0.25) is 4.79 Å². The van der Waals surface area contributed by atoms with Gasteiger partial charge >= 0.3 is 0 Å². The van der Waals surface area contributed by atoms with Gasteiger partial charge in [0.2, 0.25) is 5.91 Å². The predicted octanol–water partition coefficient (Wildman–Crippen LogP) is 3.03. The highest BCUT2D eigenvalue weighted by molar-refractivity contribution is 6.31. The molecule has 1 rings (SSSR count). The van der Waals surface area contributed by atoms with Gasteiger partial charge in [0.05, 0.1) is 11.6 Å². The van der Waals surface area contributed by atoms with E-state index in [9.17, 15) is 4.79 Å². The maximum Gasteiger partial charge on any atom is 0.240 e. The van der Waals surface area contributed by atoms with Crippen molar-refractivity contribution in [3.63, 3.8) is 0 Å². The third-order valence-corrected chi connectivity index (χ3v) is 3.78. The number of benzene rings is 1. The first-order valence-electron chi connectivity index (χ1n) is 6.29. The van der Waals surface area contributed by atoms with Crippen LogP contribution in [0, 0.1) is 0 Å². The molecule has 0 aliphatic carbocycles. The van der Waals surface area contributed by atoms with Gasteiger partial charge in [-0.15, -0.1) is 0 Å². The molecule has 0 saturated heterocycles. The van der Waals surface area contributed by atoms with E-state index in [2.05, 4.69) is 5.32 Å². The number of nitrogens with one attached hydrogen (secondary N) is 1. The Morgan fingerprint density at radius 2 is 1.94 bits per heavy atom. The molecule has 3 nitrogen and oxygen atoms in total. The van der Waals surface area contributed by atoms with Gasteiger partial charge in [-0.05, 0) is 31.4 Å². The van der Waals surface area contributed by atoms with Gasteiger partial charge in [0.1, 0.15) is 0 Å². The van der Waals surface area contributed by atoms with Crippen LogP contribution in [0.25, 0.3) is 0 Å². The number of carbonyl (C=O) groups is 1. The summed E-state index contributed by atoms with van der Waals surface area (Å²) in [6.07, 6.45) is 1.23. The molecule has 1 amide bonds. The number of amides is 1. The number of hydrogen-bond donors (Lipinski definition) is 2. The Hall–Kier alpha value is -1.06. The molecule has 1 aromatic rings. The molecule has 0 radical (unpaired) electrons. The average Bonchev–Trinajstić information content (AvgIpc) is 2.38. The van der Waals surface area contributed by atoms with Crippen molar-refractivity contribution >= 4 is 17.5 Å². The Balaban J connectivity index is 2.80.